The van der Waals surface area contributed by atoms with Crippen molar-refractivity contribution in [2.75, 3.05) is 13.2 Å². The van der Waals surface area contributed by atoms with Gasteiger partial charge in [-0.25, -0.2) is 9.07 Å². The molecule has 1 aromatic carbocycles. The number of benzene rings is 1. The van der Waals surface area contributed by atoms with E-state index in [1.165, 1.54) is 12.1 Å². The second-order valence-corrected chi connectivity index (χ2v) is 6.90. The molecule has 3 aromatic rings. The van der Waals surface area contributed by atoms with Gasteiger partial charge in [-0.05, 0) is 49.2 Å². The monoisotopic (exact) mass is 366 g/mol. The quantitative estimate of drug-likeness (QED) is 0.641. The molecule has 3 heterocycles. The summed E-state index contributed by atoms with van der Waals surface area (Å²) in [7, 11) is 0. The van der Waals surface area contributed by atoms with Crippen molar-refractivity contribution in [2.24, 2.45) is 0 Å². The highest BCUT2D eigenvalue weighted by Crippen LogP contribution is 2.17. The molecule has 1 atom stereocenters. The minimum absolute atomic E-state index is 0.246. The van der Waals surface area contributed by atoms with Gasteiger partial charge in [0.15, 0.2) is 0 Å². The average Bonchev–Trinajstić information content (AvgIpc) is 3.35. The minimum Gasteiger partial charge on any atom is -0.377 e. The molecule has 6 heteroatoms. The molecule has 5 nitrogen and oxygen atoms in total. The molecule has 0 aliphatic carbocycles. The van der Waals surface area contributed by atoms with Gasteiger partial charge in [-0.2, -0.15) is 5.10 Å². The Morgan fingerprint density at radius 3 is 2.78 bits per heavy atom. The van der Waals surface area contributed by atoms with E-state index in [2.05, 4.69) is 15.0 Å². The van der Waals surface area contributed by atoms with Crippen molar-refractivity contribution in [1.82, 2.24) is 19.7 Å². The Bertz CT molecular complexity index is 844. The Kier molecular flexibility index (Phi) is 5.55. The van der Waals surface area contributed by atoms with Crippen LogP contribution in [0.1, 0.15) is 24.1 Å². The van der Waals surface area contributed by atoms with Crippen molar-refractivity contribution in [2.45, 2.75) is 32.0 Å². The molecule has 1 saturated heterocycles. The van der Waals surface area contributed by atoms with E-state index >= 15 is 0 Å². The van der Waals surface area contributed by atoms with E-state index in [-0.39, 0.29) is 11.9 Å². The van der Waals surface area contributed by atoms with Crippen LogP contribution in [0.3, 0.4) is 0 Å². The highest BCUT2D eigenvalue weighted by atomic mass is 19.1. The highest BCUT2D eigenvalue weighted by Gasteiger charge is 2.20. The third-order valence-corrected chi connectivity index (χ3v) is 4.73. The number of halogens is 1. The van der Waals surface area contributed by atoms with E-state index in [0.29, 0.717) is 0 Å². The van der Waals surface area contributed by atoms with Crippen LogP contribution in [0.5, 0.6) is 0 Å². The smallest absolute Gasteiger partial charge is 0.123 e. The molecule has 1 aliphatic heterocycles. The zero-order chi connectivity index (χ0) is 18.5. The van der Waals surface area contributed by atoms with Crippen LogP contribution in [0.2, 0.25) is 0 Å². The van der Waals surface area contributed by atoms with Crippen molar-refractivity contribution >= 4 is 0 Å². The number of nitrogens with zero attached hydrogens (tertiary/aromatic N) is 4. The Morgan fingerprint density at radius 2 is 2.04 bits per heavy atom. The molecule has 2 aromatic heterocycles. The van der Waals surface area contributed by atoms with Gasteiger partial charge in [-0.15, -0.1) is 0 Å². The fourth-order valence-corrected chi connectivity index (χ4v) is 3.42. The predicted octanol–water partition coefficient (Wildman–Crippen LogP) is 3.59. The molecule has 1 fully saturated rings. The zero-order valence-electron chi connectivity index (χ0n) is 15.2. The molecule has 0 bridgehead atoms. The number of hydrogen-bond acceptors (Lipinski definition) is 4. The summed E-state index contributed by atoms with van der Waals surface area (Å²) in [5.41, 5.74) is 2.99. The van der Waals surface area contributed by atoms with Gasteiger partial charge in [-0.3, -0.25) is 9.88 Å². The number of ether oxygens (including phenoxy) is 1. The first-order chi connectivity index (χ1) is 13.3. The SMILES string of the molecule is Fc1ccc(-n2cc(CN(Cc3ccccn3)CC3CCCO3)cn2)cc1. The van der Waals surface area contributed by atoms with Crippen molar-refractivity contribution < 1.29 is 9.13 Å². The largest absolute Gasteiger partial charge is 0.377 e. The van der Waals surface area contributed by atoms with Gasteiger partial charge in [0.1, 0.15) is 5.82 Å². The zero-order valence-corrected chi connectivity index (χ0v) is 15.2. The summed E-state index contributed by atoms with van der Waals surface area (Å²) in [6.45, 7) is 3.25. The van der Waals surface area contributed by atoms with Crippen LogP contribution in [-0.4, -0.2) is 38.9 Å². The molecule has 0 radical (unpaired) electrons. The van der Waals surface area contributed by atoms with E-state index < -0.39 is 0 Å². The standard InChI is InChI=1S/C21H23FN4O/c22-18-6-8-20(9-7-18)26-14-17(12-24-26)13-25(16-21-5-3-11-27-21)15-19-4-1-2-10-23-19/h1-2,4,6-10,12,14,21H,3,5,11,13,15-16H2. The first kappa shape index (κ1) is 17.8. The lowest BCUT2D eigenvalue weighted by Gasteiger charge is -2.24. The first-order valence-electron chi connectivity index (χ1n) is 9.29. The Morgan fingerprint density at radius 1 is 1.15 bits per heavy atom. The maximum Gasteiger partial charge on any atom is 0.123 e. The molecule has 0 amide bonds. The lowest BCUT2D eigenvalue weighted by molar-refractivity contribution is 0.0675. The first-order valence-corrected chi connectivity index (χ1v) is 9.29. The van der Waals surface area contributed by atoms with Crippen molar-refractivity contribution in [3.63, 3.8) is 0 Å². The maximum absolute atomic E-state index is 13.1. The average molecular weight is 366 g/mol. The highest BCUT2D eigenvalue weighted by molar-refractivity contribution is 5.31. The van der Waals surface area contributed by atoms with Gasteiger partial charge in [-0.1, -0.05) is 6.07 Å². The second kappa shape index (κ2) is 8.41. The maximum atomic E-state index is 13.1. The number of aromatic nitrogens is 3. The predicted molar refractivity (Wildman–Crippen MR) is 101 cm³/mol. The lowest BCUT2D eigenvalue weighted by Crippen LogP contribution is -2.31. The number of rotatable bonds is 7. The van der Waals surface area contributed by atoms with Gasteiger partial charge >= 0.3 is 0 Å². The molecular weight excluding hydrogens is 343 g/mol. The van der Waals surface area contributed by atoms with E-state index in [1.54, 1.807) is 16.8 Å². The summed E-state index contributed by atoms with van der Waals surface area (Å²) in [4.78, 5) is 6.81. The molecule has 27 heavy (non-hydrogen) atoms. The number of hydrogen-bond donors (Lipinski definition) is 0. The van der Waals surface area contributed by atoms with Gasteiger partial charge in [0.25, 0.3) is 0 Å². The van der Waals surface area contributed by atoms with Crippen molar-refractivity contribution in [3.8, 4) is 5.69 Å². The summed E-state index contributed by atoms with van der Waals surface area (Å²) in [6.07, 6.45) is 8.20. The molecular formula is C21H23FN4O. The van der Waals surface area contributed by atoms with Crippen LogP contribution in [0.4, 0.5) is 4.39 Å². The molecule has 1 unspecified atom stereocenters. The van der Waals surface area contributed by atoms with E-state index in [9.17, 15) is 4.39 Å². The van der Waals surface area contributed by atoms with E-state index in [1.807, 2.05) is 36.8 Å². The van der Waals surface area contributed by atoms with Gasteiger partial charge < -0.3 is 4.74 Å². The normalized spacial score (nSPS) is 16.9. The summed E-state index contributed by atoms with van der Waals surface area (Å²) in [5, 5.41) is 4.43. The fourth-order valence-electron chi connectivity index (χ4n) is 3.42. The van der Waals surface area contributed by atoms with Crippen LogP contribution >= 0.6 is 0 Å². The van der Waals surface area contributed by atoms with Crippen LogP contribution in [0.25, 0.3) is 5.69 Å². The number of pyridine rings is 1. The topological polar surface area (TPSA) is 43.2 Å². The van der Waals surface area contributed by atoms with Gasteiger partial charge in [0, 0.05) is 44.2 Å². The lowest BCUT2D eigenvalue weighted by atomic mass is 10.2. The Balaban J connectivity index is 1.47. The van der Waals surface area contributed by atoms with Crippen LogP contribution in [0, 0.1) is 5.82 Å². The van der Waals surface area contributed by atoms with Crippen molar-refractivity contribution in [1.29, 1.82) is 0 Å². The summed E-state index contributed by atoms with van der Waals surface area (Å²) in [6, 6.07) is 12.3. The second-order valence-electron chi connectivity index (χ2n) is 6.90. The molecule has 0 spiro atoms. The Hall–Kier alpha value is -2.57. The molecule has 1 aliphatic rings. The Labute approximate surface area is 158 Å². The van der Waals surface area contributed by atoms with E-state index in [0.717, 1.165) is 56.0 Å². The van der Waals surface area contributed by atoms with Gasteiger partial charge in [0.05, 0.1) is 23.7 Å². The molecule has 0 N–H and O–H groups in total. The summed E-state index contributed by atoms with van der Waals surface area (Å²) >= 11 is 0. The fraction of sp³-hybridized carbons (Fsp3) is 0.333. The molecule has 0 saturated carbocycles. The molecule has 140 valence electrons. The van der Waals surface area contributed by atoms with Gasteiger partial charge in [0.2, 0.25) is 0 Å². The minimum atomic E-state index is -0.246. The summed E-state index contributed by atoms with van der Waals surface area (Å²) < 4.78 is 20.7. The third-order valence-electron chi connectivity index (χ3n) is 4.73. The molecule has 4 rings (SSSR count). The third kappa shape index (κ3) is 4.78. The summed E-state index contributed by atoms with van der Waals surface area (Å²) in [5.74, 6) is -0.246. The van der Waals surface area contributed by atoms with Crippen molar-refractivity contribution in [3.05, 3.63) is 78.1 Å². The van der Waals surface area contributed by atoms with Crippen LogP contribution in [0.15, 0.2) is 61.1 Å². The van der Waals surface area contributed by atoms with Crippen LogP contribution < -0.4 is 0 Å². The van der Waals surface area contributed by atoms with E-state index in [4.69, 9.17) is 4.74 Å². The van der Waals surface area contributed by atoms with Crippen LogP contribution in [-0.2, 0) is 17.8 Å².